The molecular weight excluding hydrogens is 331 g/mol. The predicted molar refractivity (Wildman–Crippen MR) is 77.6 cm³/mol. The van der Waals surface area contributed by atoms with Gasteiger partial charge in [-0.2, -0.15) is 0 Å². The van der Waals surface area contributed by atoms with Crippen LogP contribution in [0.5, 0.6) is 5.75 Å². The largest absolute Gasteiger partial charge is 0.485 e. The molecule has 0 aliphatic heterocycles. The highest BCUT2D eigenvalue weighted by molar-refractivity contribution is 9.10. The van der Waals surface area contributed by atoms with Crippen LogP contribution in [0.15, 0.2) is 34.8 Å². The van der Waals surface area contributed by atoms with Gasteiger partial charge >= 0.3 is 0 Å². The summed E-state index contributed by atoms with van der Waals surface area (Å²) in [4.78, 5) is 13.8. The Morgan fingerprint density at radius 3 is 2.79 bits per heavy atom. The molecule has 0 saturated carbocycles. The molecule has 0 aliphatic carbocycles. The van der Waals surface area contributed by atoms with Crippen LogP contribution >= 0.6 is 27.3 Å². The Morgan fingerprint density at radius 1 is 1.37 bits per heavy atom. The van der Waals surface area contributed by atoms with Gasteiger partial charge in [0.25, 0.3) is 0 Å². The zero-order chi connectivity index (χ0) is 13.8. The number of hydrogen-bond acceptors (Lipinski definition) is 3. The zero-order valence-corrected chi connectivity index (χ0v) is 12.7. The van der Waals surface area contributed by atoms with Gasteiger partial charge in [-0.1, -0.05) is 6.92 Å². The third kappa shape index (κ3) is 3.64. The molecule has 0 unspecified atom stereocenters. The molecular formula is C14H12BrFO2S. The summed E-state index contributed by atoms with van der Waals surface area (Å²) < 4.78 is 18.7. The maximum absolute atomic E-state index is 13.0. The molecule has 100 valence electrons. The second kappa shape index (κ2) is 6.30. The molecule has 0 atom stereocenters. The van der Waals surface area contributed by atoms with Crippen molar-refractivity contribution >= 4 is 33.0 Å². The van der Waals surface area contributed by atoms with Crippen molar-refractivity contribution in [3.63, 3.8) is 0 Å². The summed E-state index contributed by atoms with van der Waals surface area (Å²) in [7, 11) is 0. The summed E-state index contributed by atoms with van der Waals surface area (Å²) in [5.41, 5.74) is 0. The lowest BCUT2D eigenvalue weighted by molar-refractivity contribution is 0.0925. The minimum atomic E-state index is -0.357. The van der Waals surface area contributed by atoms with Crippen LogP contribution in [0.4, 0.5) is 4.39 Å². The lowest BCUT2D eigenvalue weighted by Crippen LogP contribution is -2.10. The molecule has 1 aromatic heterocycles. The summed E-state index contributed by atoms with van der Waals surface area (Å²) in [5.74, 6) is 0.0450. The quantitative estimate of drug-likeness (QED) is 0.749. The Bertz CT molecular complexity index is 595. The van der Waals surface area contributed by atoms with E-state index in [9.17, 15) is 9.18 Å². The highest BCUT2D eigenvalue weighted by atomic mass is 79.9. The van der Waals surface area contributed by atoms with E-state index >= 15 is 0 Å². The fourth-order valence-electron chi connectivity index (χ4n) is 1.50. The lowest BCUT2D eigenvalue weighted by atomic mass is 10.3. The van der Waals surface area contributed by atoms with E-state index < -0.39 is 0 Å². The van der Waals surface area contributed by atoms with E-state index in [1.165, 1.54) is 34.4 Å². The number of ketones is 1. The number of rotatable bonds is 5. The fourth-order valence-corrected chi connectivity index (χ4v) is 2.73. The van der Waals surface area contributed by atoms with E-state index in [-0.39, 0.29) is 18.2 Å². The van der Waals surface area contributed by atoms with Crippen molar-refractivity contribution in [2.24, 2.45) is 0 Å². The van der Waals surface area contributed by atoms with Crippen LogP contribution in [0, 0.1) is 5.82 Å². The lowest BCUT2D eigenvalue weighted by Gasteiger charge is -2.05. The summed E-state index contributed by atoms with van der Waals surface area (Å²) in [6.45, 7) is 2.01. The predicted octanol–water partition coefficient (Wildman–Crippen LogP) is 4.47. The van der Waals surface area contributed by atoms with E-state index in [1.807, 2.05) is 19.1 Å². The Morgan fingerprint density at radius 2 is 2.16 bits per heavy atom. The first-order chi connectivity index (χ1) is 9.10. The van der Waals surface area contributed by atoms with Crippen molar-refractivity contribution in [3.05, 3.63) is 50.4 Å². The average molecular weight is 343 g/mol. The molecule has 2 rings (SSSR count). The smallest absolute Gasteiger partial charge is 0.210 e. The highest BCUT2D eigenvalue weighted by Crippen LogP contribution is 2.22. The normalized spacial score (nSPS) is 10.5. The van der Waals surface area contributed by atoms with Crippen LogP contribution in [-0.2, 0) is 6.42 Å². The van der Waals surface area contributed by atoms with E-state index in [0.29, 0.717) is 15.1 Å². The van der Waals surface area contributed by atoms with Gasteiger partial charge in [-0.3, -0.25) is 4.79 Å². The van der Waals surface area contributed by atoms with Crippen molar-refractivity contribution < 1.29 is 13.9 Å². The molecule has 5 heteroatoms. The molecule has 0 aliphatic rings. The van der Waals surface area contributed by atoms with Crippen LogP contribution in [0.2, 0.25) is 0 Å². The van der Waals surface area contributed by atoms with Crippen LogP contribution in [0.3, 0.4) is 0 Å². The second-order valence-electron chi connectivity index (χ2n) is 3.91. The van der Waals surface area contributed by atoms with Crippen LogP contribution in [0.25, 0.3) is 0 Å². The van der Waals surface area contributed by atoms with E-state index in [0.717, 1.165) is 6.42 Å². The summed E-state index contributed by atoms with van der Waals surface area (Å²) in [6.07, 6.45) is 0.920. The monoisotopic (exact) mass is 342 g/mol. The van der Waals surface area contributed by atoms with Gasteiger partial charge in [0.1, 0.15) is 11.6 Å². The van der Waals surface area contributed by atoms with E-state index in [2.05, 4.69) is 15.9 Å². The fraction of sp³-hybridized carbons (Fsp3) is 0.214. The number of carbonyl (C=O) groups excluding carboxylic acids is 1. The molecule has 0 radical (unpaired) electrons. The molecule has 0 spiro atoms. The van der Waals surface area contributed by atoms with Gasteiger partial charge in [0.2, 0.25) is 5.78 Å². The summed E-state index contributed by atoms with van der Waals surface area (Å²) in [6, 6.07) is 8.07. The number of hydrogen-bond donors (Lipinski definition) is 0. The van der Waals surface area contributed by atoms with Crippen LogP contribution < -0.4 is 4.74 Å². The molecule has 0 amide bonds. The number of halogens is 2. The first kappa shape index (κ1) is 14.2. The van der Waals surface area contributed by atoms with Gasteiger partial charge in [0.15, 0.2) is 6.61 Å². The van der Waals surface area contributed by atoms with Gasteiger partial charge in [-0.05, 0) is 52.7 Å². The maximum Gasteiger partial charge on any atom is 0.210 e. The number of carbonyl (C=O) groups is 1. The van der Waals surface area contributed by atoms with E-state index in [4.69, 9.17) is 4.74 Å². The van der Waals surface area contributed by atoms with Gasteiger partial charge in [0, 0.05) is 4.88 Å². The molecule has 0 saturated heterocycles. The summed E-state index contributed by atoms with van der Waals surface area (Å²) >= 11 is 4.56. The third-order valence-electron chi connectivity index (χ3n) is 2.55. The number of thiophene rings is 1. The topological polar surface area (TPSA) is 26.3 Å². The van der Waals surface area contributed by atoms with Gasteiger partial charge in [-0.25, -0.2) is 4.39 Å². The molecule has 0 fully saturated rings. The van der Waals surface area contributed by atoms with E-state index in [1.54, 1.807) is 0 Å². The Labute approximate surface area is 123 Å². The molecule has 2 aromatic rings. The Balaban J connectivity index is 1.98. The van der Waals surface area contributed by atoms with Crippen LogP contribution in [0.1, 0.15) is 21.5 Å². The number of ether oxygens (including phenoxy) is 1. The first-order valence-electron chi connectivity index (χ1n) is 5.80. The molecule has 1 aromatic carbocycles. The number of benzene rings is 1. The van der Waals surface area contributed by atoms with Gasteiger partial charge < -0.3 is 4.74 Å². The van der Waals surface area contributed by atoms with Crippen molar-refractivity contribution in [3.8, 4) is 5.75 Å². The first-order valence-corrected chi connectivity index (χ1v) is 7.41. The highest BCUT2D eigenvalue weighted by Gasteiger charge is 2.10. The minimum absolute atomic E-state index is 0.0399. The number of aryl methyl sites for hydroxylation is 1. The van der Waals surface area contributed by atoms with Gasteiger partial charge in [-0.15, -0.1) is 11.3 Å². The number of Topliss-reactive ketones (excluding diaryl/α,β-unsaturated/α-hetero) is 1. The SMILES string of the molecule is CCc1ccc(C(=O)COc2ccc(F)c(Br)c2)s1. The van der Waals surface area contributed by atoms with Crippen LogP contribution in [-0.4, -0.2) is 12.4 Å². The maximum atomic E-state index is 13.0. The van der Waals surface area contributed by atoms with Crippen molar-refractivity contribution in [2.45, 2.75) is 13.3 Å². The molecule has 0 N–H and O–H groups in total. The molecule has 0 bridgehead atoms. The van der Waals surface area contributed by atoms with Crippen molar-refractivity contribution in [1.82, 2.24) is 0 Å². The standard InChI is InChI=1S/C14H12BrFO2S/c1-2-10-4-6-14(19-10)13(17)8-18-9-3-5-12(16)11(15)7-9/h3-7H,2,8H2,1H3. The van der Waals surface area contributed by atoms with Crippen molar-refractivity contribution in [1.29, 1.82) is 0 Å². The second-order valence-corrected chi connectivity index (χ2v) is 5.93. The Kier molecular flexibility index (Phi) is 4.71. The zero-order valence-electron chi connectivity index (χ0n) is 10.3. The van der Waals surface area contributed by atoms with Crippen molar-refractivity contribution in [2.75, 3.05) is 6.61 Å². The molecule has 19 heavy (non-hydrogen) atoms. The van der Waals surface area contributed by atoms with Gasteiger partial charge in [0.05, 0.1) is 9.35 Å². The average Bonchev–Trinajstić information content (AvgIpc) is 2.88. The molecule has 2 nitrogen and oxygen atoms in total. The minimum Gasteiger partial charge on any atom is -0.485 e. The Hall–Kier alpha value is -1.20. The summed E-state index contributed by atoms with van der Waals surface area (Å²) in [5, 5.41) is 0. The third-order valence-corrected chi connectivity index (χ3v) is 4.42. The molecule has 1 heterocycles.